The van der Waals surface area contributed by atoms with Gasteiger partial charge in [0.2, 0.25) is 0 Å². The van der Waals surface area contributed by atoms with E-state index in [0.717, 1.165) is 11.3 Å². The standard InChI is InChI=1S/C23H20N4O3/c1-14-10-17(6-7-21(14)28)20-12-19(25-23(30)26-20)16-4-3-5-18(11-16)22(29)27-9-8-15(2)24-13-27/h3-12,28H,13H2,1-2H3,(H,25,26,30). The van der Waals surface area contributed by atoms with Gasteiger partial charge in [0.25, 0.3) is 5.91 Å². The fraction of sp³-hybridized carbons (Fsp3) is 0.130. The number of nitrogens with one attached hydrogen (secondary N) is 1. The number of aromatic nitrogens is 2. The number of phenolic OH excluding ortho intramolecular Hbond substituents is 1. The number of aromatic amines is 1. The van der Waals surface area contributed by atoms with Crippen LogP contribution in [0.4, 0.5) is 0 Å². The third-order valence-electron chi connectivity index (χ3n) is 4.89. The van der Waals surface area contributed by atoms with Crippen LogP contribution in [0.2, 0.25) is 0 Å². The van der Waals surface area contributed by atoms with Crippen LogP contribution in [0.1, 0.15) is 22.8 Å². The molecule has 0 unspecified atom stereocenters. The maximum atomic E-state index is 12.8. The number of H-pyrrole nitrogens is 1. The number of phenols is 1. The largest absolute Gasteiger partial charge is 0.508 e. The topological polar surface area (TPSA) is 98.6 Å². The summed E-state index contributed by atoms with van der Waals surface area (Å²) >= 11 is 0. The Balaban J connectivity index is 1.69. The maximum absolute atomic E-state index is 12.8. The van der Waals surface area contributed by atoms with Crippen LogP contribution in [0.25, 0.3) is 22.5 Å². The van der Waals surface area contributed by atoms with Gasteiger partial charge in [-0.1, -0.05) is 12.1 Å². The van der Waals surface area contributed by atoms with Gasteiger partial charge < -0.3 is 10.1 Å². The summed E-state index contributed by atoms with van der Waals surface area (Å²) in [5.41, 5.74) is 4.01. The van der Waals surface area contributed by atoms with E-state index >= 15 is 0 Å². The number of aryl methyl sites for hydroxylation is 1. The van der Waals surface area contributed by atoms with Crippen molar-refractivity contribution in [2.24, 2.45) is 4.99 Å². The second-order valence-electron chi connectivity index (χ2n) is 7.10. The summed E-state index contributed by atoms with van der Waals surface area (Å²) in [7, 11) is 0. The van der Waals surface area contributed by atoms with Crippen molar-refractivity contribution >= 4 is 11.6 Å². The first-order valence-corrected chi connectivity index (χ1v) is 9.43. The Kier molecular flexibility index (Phi) is 5.02. The monoisotopic (exact) mass is 400 g/mol. The fourth-order valence-electron chi connectivity index (χ4n) is 3.18. The van der Waals surface area contributed by atoms with E-state index in [1.807, 2.05) is 6.92 Å². The molecule has 0 aliphatic carbocycles. The normalized spacial score (nSPS) is 13.3. The molecule has 1 aromatic heterocycles. The number of amides is 1. The van der Waals surface area contributed by atoms with Crippen LogP contribution < -0.4 is 5.69 Å². The van der Waals surface area contributed by atoms with Gasteiger partial charge in [0.1, 0.15) is 12.4 Å². The highest BCUT2D eigenvalue weighted by Crippen LogP contribution is 2.26. The Bertz CT molecular complexity index is 1260. The number of hydrogen-bond donors (Lipinski definition) is 2. The number of nitrogens with zero attached hydrogens (tertiary/aromatic N) is 3. The number of hydrogen-bond acceptors (Lipinski definition) is 5. The molecule has 2 heterocycles. The van der Waals surface area contributed by atoms with Gasteiger partial charge in [-0.25, -0.2) is 4.79 Å². The third-order valence-corrected chi connectivity index (χ3v) is 4.89. The Hall–Kier alpha value is -4.00. The van der Waals surface area contributed by atoms with Gasteiger partial charge >= 0.3 is 5.69 Å². The Morgan fingerprint density at radius 1 is 1.10 bits per heavy atom. The van der Waals surface area contributed by atoms with Crippen molar-refractivity contribution in [3.8, 4) is 28.3 Å². The van der Waals surface area contributed by atoms with Crippen molar-refractivity contribution in [2.75, 3.05) is 6.67 Å². The number of rotatable bonds is 3. The number of aliphatic imine (C=N–C) groups is 1. The van der Waals surface area contributed by atoms with Crippen LogP contribution in [0.15, 0.2) is 70.6 Å². The highest BCUT2D eigenvalue weighted by molar-refractivity contribution is 5.99. The number of allylic oxidation sites excluding steroid dienone is 1. The summed E-state index contributed by atoms with van der Waals surface area (Å²) in [6, 6.07) is 13.9. The molecular formula is C23H20N4O3. The number of carbonyl (C=O) groups excluding carboxylic acids is 1. The highest BCUT2D eigenvalue weighted by atomic mass is 16.3. The zero-order chi connectivity index (χ0) is 21.3. The predicted octanol–water partition coefficient (Wildman–Crippen LogP) is 3.51. The molecule has 3 aromatic rings. The van der Waals surface area contributed by atoms with E-state index in [0.29, 0.717) is 28.1 Å². The van der Waals surface area contributed by atoms with Gasteiger partial charge in [-0.3, -0.25) is 14.7 Å². The van der Waals surface area contributed by atoms with Crippen LogP contribution in [0, 0.1) is 6.92 Å². The van der Waals surface area contributed by atoms with Crippen molar-refractivity contribution in [1.82, 2.24) is 14.9 Å². The first kappa shape index (κ1) is 19.3. The lowest BCUT2D eigenvalue weighted by Crippen LogP contribution is -2.28. The van der Waals surface area contributed by atoms with Gasteiger partial charge in [0.05, 0.1) is 11.4 Å². The molecule has 2 N–H and O–H groups in total. The van der Waals surface area contributed by atoms with E-state index in [2.05, 4.69) is 15.0 Å². The SMILES string of the molecule is CC1=NCN(C(=O)c2cccc(-c3cc(-c4ccc(O)c(C)c4)[nH]c(=O)n3)c2)C=C1. The number of aromatic hydroxyl groups is 1. The summed E-state index contributed by atoms with van der Waals surface area (Å²) in [4.78, 5) is 37.6. The van der Waals surface area contributed by atoms with E-state index in [-0.39, 0.29) is 18.3 Å². The van der Waals surface area contributed by atoms with Crippen LogP contribution >= 0.6 is 0 Å². The molecule has 0 spiro atoms. The van der Waals surface area contributed by atoms with Crippen molar-refractivity contribution in [1.29, 1.82) is 0 Å². The molecule has 1 aliphatic heterocycles. The van der Waals surface area contributed by atoms with Crippen molar-refractivity contribution < 1.29 is 9.90 Å². The van der Waals surface area contributed by atoms with Gasteiger partial charge in [-0.15, -0.1) is 0 Å². The van der Waals surface area contributed by atoms with E-state index in [1.54, 1.807) is 67.7 Å². The molecule has 0 radical (unpaired) electrons. The van der Waals surface area contributed by atoms with E-state index in [1.165, 1.54) is 4.90 Å². The van der Waals surface area contributed by atoms with Crippen LogP contribution in [-0.2, 0) is 0 Å². The van der Waals surface area contributed by atoms with Gasteiger partial charge in [-0.05, 0) is 67.4 Å². The van der Waals surface area contributed by atoms with Crippen molar-refractivity contribution in [2.45, 2.75) is 13.8 Å². The minimum absolute atomic E-state index is 0.177. The quantitative estimate of drug-likeness (QED) is 0.703. The summed E-state index contributed by atoms with van der Waals surface area (Å²) in [5.74, 6) is 0.0106. The second-order valence-corrected chi connectivity index (χ2v) is 7.10. The first-order valence-electron chi connectivity index (χ1n) is 9.43. The predicted molar refractivity (Wildman–Crippen MR) is 115 cm³/mol. The van der Waals surface area contributed by atoms with Crippen LogP contribution in [-0.4, -0.2) is 38.3 Å². The van der Waals surface area contributed by atoms with E-state index < -0.39 is 5.69 Å². The van der Waals surface area contributed by atoms with Crippen LogP contribution in [0.3, 0.4) is 0 Å². The molecule has 1 amide bonds. The summed E-state index contributed by atoms with van der Waals surface area (Å²) < 4.78 is 0. The molecule has 0 atom stereocenters. The Morgan fingerprint density at radius 3 is 2.67 bits per heavy atom. The van der Waals surface area contributed by atoms with E-state index in [4.69, 9.17) is 0 Å². The summed E-state index contributed by atoms with van der Waals surface area (Å²) in [6.45, 7) is 3.94. The lowest BCUT2D eigenvalue weighted by atomic mass is 10.0. The van der Waals surface area contributed by atoms with Crippen LogP contribution in [0.5, 0.6) is 5.75 Å². The minimum Gasteiger partial charge on any atom is -0.508 e. The molecule has 0 saturated heterocycles. The molecule has 7 nitrogen and oxygen atoms in total. The number of carbonyl (C=O) groups is 1. The van der Waals surface area contributed by atoms with E-state index in [9.17, 15) is 14.7 Å². The Labute approximate surface area is 173 Å². The molecule has 0 fully saturated rings. The van der Waals surface area contributed by atoms with Gasteiger partial charge in [-0.2, -0.15) is 4.98 Å². The molecular weight excluding hydrogens is 380 g/mol. The third kappa shape index (κ3) is 3.91. The summed E-state index contributed by atoms with van der Waals surface area (Å²) in [5, 5.41) is 9.75. The second kappa shape index (κ2) is 7.79. The van der Waals surface area contributed by atoms with Crippen molar-refractivity contribution in [3.63, 3.8) is 0 Å². The maximum Gasteiger partial charge on any atom is 0.345 e. The molecule has 150 valence electrons. The summed E-state index contributed by atoms with van der Waals surface area (Å²) in [6.07, 6.45) is 3.50. The molecule has 4 rings (SSSR count). The number of benzene rings is 2. The lowest BCUT2D eigenvalue weighted by Gasteiger charge is -2.19. The smallest absolute Gasteiger partial charge is 0.345 e. The highest BCUT2D eigenvalue weighted by Gasteiger charge is 2.16. The minimum atomic E-state index is -0.492. The zero-order valence-corrected chi connectivity index (χ0v) is 16.6. The molecule has 30 heavy (non-hydrogen) atoms. The fourth-order valence-corrected chi connectivity index (χ4v) is 3.18. The van der Waals surface area contributed by atoms with Crippen molar-refractivity contribution in [3.05, 3.63) is 82.4 Å². The first-order chi connectivity index (χ1) is 14.4. The van der Waals surface area contributed by atoms with Gasteiger partial charge in [0.15, 0.2) is 0 Å². The molecule has 7 heteroatoms. The lowest BCUT2D eigenvalue weighted by molar-refractivity contribution is 0.0824. The average molecular weight is 400 g/mol. The zero-order valence-electron chi connectivity index (χ0n) is 16.6. The average Bonchev–Trinajstić information content (AvgIpc) is 2.75. The molecule has 2 aromatic carbocycles. The molecule has 1 aliphatic rings. The molecule has 0 bridgehead atoms. The van der Waals surface area contributed by atoms with Gasteiger partial charge in [0, 0.05) is 23.0 Å². The Morgan fingerprint density at radius 2 is 1.93 bits per heavy atom. The molecule has 0 saturated carbocycles.